The molecule has 3 nitrogen and oxygen atoms in total. The lowest BCUT2D eigenvalue weighted by atomic mass is 10.0. The van der Waals surface area contributed by atoms with Gasteiger partial charge in [0.1, 0.15) is 11.5 Å². The van der Waals surface area contributed by atoms with E-state index >= 15 is 0 Å². The first kappa shape index (κ1) is 14.4. The van der Waals surface area contributed by atoms with Gasteiger partial charge in [-0.3, -0.25) is 0 Å². The molecule has 1 aliphatic rings. The first-order valence-electron chi connectivity index (χ1n) is 6.58. The van der Waals surface area contributed by atoms with Crippen LogP contribution in [0.1, 0.15) is 17.2 Å². The molecule has 1 heterocycles. The molecule has 0 radical (unpaired) electrons. The van der Waals surface area contributed by atoms with Crippen LogP contribution in [-0.4, -0.2) is 14.2 Å². The summed E-state index contributed by atoms with van der Waals surface area (Å²) >= 11 is 12.3. The zero-order valence-corrected chi connectivity index (χ0v) is 13.3. The molecule has 0 bridgehead atoms. The maximum Gasteiger partial charge on any atom is 0.124 e. The minimum absolute atomic E-state index is 0.0843. The van der Waals surface area contributed by atoms with Crippen LogP contribution in [0.25, 0.3) is 0 Å². The molecular formula is C16H15Cl2NO2. The quantitative estimate of drug-likeness (QED) is 0.886. The van der Waals surface area contributed by atoms with Crippen molar-refractivity contribution < 1.29 is 9.47 Å². The van der Waals surface area contributed by atoms with Crippen LogP contribution in [-0.2, 0) is 6.42 Å². The fourth-order valence-electron chi connectivity index (χ4n) is 2.68. The molecule has 0 aromatic heterocycles. The standard InChI is InChI=1S/C16H15Cl2NO2/c1-20-10-3-4-16(21-2)12(7-10)15-8-11-13(18)5-9(17)6-14(11)19-15/h3-7,15,19H,8H2,1-2H3. The molecule has 5 heteroatoms. The number of nitrogens with one attached hydrogen (secondary N) is 1. The number of hydrogen-bond acceptors (Lipinski definition) is 3. The van der Waals surface area contributed by atoms with Gasteiger partial charge in [-0.2, -0.15) is 0 Å². The molecule has 110 valence electrons. The number of ether oxygens (including phenoxy) is 2. The van der Waals surface area contributed by atoms with Gasteiger partial charge in [0.05, 0.1) is 20.3 Å². The van der Waals surface area contributed by atoms with Crippen LogP contribution in [0.2, 0.25) is 10.0 Å². The topological polar surface area (TPSA) is 30.5 Å². The summed E-state index contributed by atoms with van der Waals surface area (Å²) in [5.74, 6) is 1.62. The van der Waals surface area contributed by atoms with Crippen molar-refractivity contribution in [2.45, 2.75) is 12.5 Å². The Hall–Kier alpha value is -1.58. The van der Waals surface area contributed by atoms with Crippen molar-refractivity contribution in [3.8, 4) is 11.5 Å². The van der Waals surface area contributed by atoms with E-state index in [4.69, 9.17) is 32.7 Å². The van der Waals surface area contributed by atoms with Gasteiger partial charge in [-0.15, -0.1) is 0 Å². The van der Waals surface area contributed by atoms with Gasteiger partial charge in [0, 0.05) is 27.7 Å². The van der Waals surface area contributed by atoms with E-state index < -0.39 is 0 Å². The lowest BCUT2D eigenvalue weighted by Crippen LogP contribution is -2.08. The molecule has 1 unspecified atom stereocenters. The Morgan fingerprint density at radius 3 is 2.62 bits per heavy atom. The summed E-state index contributed by atoms with van der Waals surface area (Å²) in [5.41, 5.74) is 3.10. The number of fused-ring (bicyclic) bond motifs is 1. The molecule has 1 atom stereocenters. The Labute approximate surface area is 133 Å². The van der Waals surface area contributed by atoms with Gasteiger partial charge in [0.2, 0.25) is 0 Å². The molecule has 0 saturated carbocycles. The van der Waals surface area contributed by atoms with Crippen LogP contribution in [0.3, 0.4) is 0 Å². The minimum Gasteiger partial charge on any atom is -0.497 e. The smallest absolute Gasteiger partial charge is 0.124 e. The second kappa shape index (κ2) is 5.66. The van der Waals surface area contributed by atoms with Crippen LogP contribution in [0.15, 0.2) is 30.3 Å². The largest absolute Gasteiger partial charge is 0.497 e. The van der Waals surface area contributed by atoms with Crippen LogP contribution < -0.4 is 14.8 Å². The Bertz CT molecular complexity index is 688. The van der Waals surface area contributed by atoms with Gasteiger partial charge in [0.25, 0.3) is 0 Å². The van der Waals surface area contributed by atoms with E-state index in [2.05, 4.69) is 5.32 Å². The molecular weight excluding hydrogens is 309 g/mol. The second-order valence-electron chi connectivity index (χ2n) is 4.92. The van der Waals surface area contributed by atoms with Crippen LogP contribution in [0, 0.1) is 0 Å². The van der Waals surface area contributed by atoms with E-state index in [1.54, 1.807) is 20.3 Å². The average molecular weight is 324 g/mol. The summed E-state index contributed by atoms with van der Waals surface area (Å²) in [6.07, 6.45) is 0.787. The van der Waals surface area contributed by atoms with Gasteiger partial charge >= 0.3 is 0 Å². The third-order valence-corrected chi connectivity index (χ3v) is 4.27. The summed E-state index contributed by atoms with van der Waals surface area (Å²) in [7, 11) is 3.32. The third-order valence-electron chi connectivity index (χ3n) is 3.71. The van der Waals surface area contributed by atoms with Gasteiger partial charge < -0.3 is 14.8 Å². The van der Waals surface area contributed by atoms with Gasteiger partial charge in [-0.05, 0) is 35.9 Å². The van der Waals surface area contributed by atoms with E-state index in [1.807, 2.05) is 24.3 Å². The minimum atomic E-state index is 0.0843. The van der Waals surface area contributed by atoms with Crippen molar-refractivity contribution in [3.63, 3.8) is 0 Å². The number of rotatable bonds is 3. The number of benzene rings is 2. The zero-order chi connectivity index (χ0) is 15.0. The lowest BCUT2D eigenvalue weighted by molar-refractivity contribution is 0.396. The summed E-state index contributed by atoms with van der Waals surface area (Å²) in [6.45, 7) is 0. The van der Waals surface area contributed by atoms with E-state index in [0.717, 1.165) is 34.7 Å². The zero-order valence-electron chi connectivity index (χ0n) is 11.7. The highest BCUT2D eigenvalue weighted by Crippen LogP contribution is 2.42. The number of hydrogen-bond donors (Lipinski definition) is 1. The Morgan fingerprint density at radius 2 is 1.90 bits per heavy atom. The Kier molecular flexibility index (Phi) is 3.87. The average Bonchev–Trinajstić information content (AvgIpc) is 2.90. The molecule has 21 heavy (non-hydrogen) atoms. The normalized spacial score (nSPS) is 16.3. The first-order chi connectivity index (χ1) is 10.1. The van der Waals surface area contributed by atoms with Crippen molar-refractivity contribution in [3.05, 3.63) is 51.5 Å². The van der Waals surface area contributed by atoms with Crippen molar-refractivity contribution in [1.29, 1.82) is 0 Å². The lowest BCUT2D eigenvalue weighted by Gasteiger charge is -2.16. The van der Waals surface area contributed by atoms with Crippen LogP contribution in [0.5, 0.6) is 11.5 Å². The predicted molar refractivity (Wildman–Crippen MR) is 86.1 cm³/mol. The van der Waals surface area contributed by atoms with E-state index in [0.29, 0.717) is 10.0 Å². The molecule has 0 saturated heterocycles. The molecule has 0 aliphatic carbocycles. The van der Waals surface area contributed by atoms with Crippen LogP contribution >= 0.6 is 23.2 Å². The number of methoxy groups -OCH3 is 2. The van der Waals surface area contributed by atoms with Crippen molar-refractivity contribution >= 4 is 28.9 Å². The highest BCUT2D eigenvalue weighted by Gasteiger charge is 2.27. The molecule has 2 aromatic rings. The summed E-state index contributed by atoms with van der Waals surface area (Å²) in [5, 5.41) is 4.77. The molecule has 0 amide bonds. The van der Waals surface area contributed by atoms with Crippen molar-refractivity contribution in [2.24, 2.45) is 0 Å². The second-order valence-corrected chi connectivity index (χ2v) is 5.77. The Morgan fingerprint density at radius 1 is 1.10 bits per heavy atom. The number of anilines is 1. The molecule has 2 aromatic carbocycles. The van der Waals surface area contributed by atoms with E-state index in [9.17, 15) is 0 Å². The van der Waals surface area contributed by atoms with Gasteiger partial charge in [-0.25, -0.2) is 0 Å². The molecule has 1 aliphatic heterocycles. The third kappa shape index (κ3) is 2.63. The molecule has 1 N–H and O–H groups in total. The highest BCUT2D eigenvalue weighted by molar-refractivity contribution is 6.35. The monoisotopic (exact) mass is 323 g/mol. The maximum absolute atomic E-state index is 6.28. The van der Waals surface area contributed by atoms with Crippen molar-refractivity contribution in [1.82, 2.24) is 0 Å². The SMILES string of the molecule is COc1ccc(OC)c(C2Cc3c(Cl)cc(Cl)cc3N2)c1. The number of halogens is 2. The maximum atomic E-state index is 6.28. The molecule has 3 rings (SSSR count). The predicted octanol–water partition coefficient (Wildman–Crippen LogP) is 4.72. The highest BCUT2D eigenvalue weighted by atomic mass is 35.5. The fourth-order valence-corrected chi connectivity index (χ4v) is 3.25. The molecule has 0 fully saturated rings. The fraction of sp³-hybridized carbons (Fsp3) is 0.250. The summed E-state index contributed by atoms with van der Waals surface area (Å²) < 4.78 is 10.8. The van der Waals surface area contributed by atoms with Gasteiger partial charge in [-0.1, -0.05) is 23.2 Å². The van der Waals surface area contributed by atoms with Crippen molar-refractivity contribution in [2.75, 3.05) is 19.5 Å². The Balaban J connectivity index is 1.99. The first-order valence-corrected chi connectivity index (χ1v) is 7.34. The van der Waals surface area contributed by atoms with E-state index in [1.165, 1.54) is 0 Å². The summed E-state index contributed by atoms with van der Waals surface area (Å²) in [4.78, 5) is 0. The van der Waals surface area contributed by atoms with Crippen LogP contribution in [0.4, 0.5) is 5.69 Å². The molecule has 0 spiro atoms. The van der Waals surface area contributed by atoms with E-state index in [-0.39, 0.29) is 6.04 Å². The summed E-state index contributed by atoms with van der Waals surface area (Å²) in [6, 6.07) is 9.53. The van der Waals surface area contributed by atoms with Gasteiger partial charge in [0.15, 0.2) is 0 Å².